The summed E-state index contributed by atoms with van der Waals surface area (Å²) < 4.78 is 1.81. The molecule has 0 radical (unpaired) electrons. The number of halogens is 1. The number of hydrogen-bond donors (Lipinski definition) is 2. The van der Waals surface area contributed by atoms with Crippen molar-refractivity contribution in [1.29, 1.82) is 0 Å². The number of nitrogens with zero attached hydrogens (tertiary/aromatic N) is 1. The first-order valence-electron chi connectivity index (χ1n) is 12.1. The Kier molecular flexibility index (Phi) is 6.22. The summed E-state index contributed by atoms with van der Waals surface area (Å²) in [5.74, 6) is -0.396. The average molecular weight is 594 g/mol. The van der Waals surface area contributed by atoms with Gasteiger partial charge >= 0.3 is 5.97 Å². The van der Waals surface area contributed by atoms with Crippen LogP contribution in [0.4, 0.5) is 0 Å². The van der Waals surface area contributed by atoms with Crippen LogP contribution in [0.2, 0.25) is 0 Å². The van der Waals surface area contributed by atoms with Gasteiger partial charge in [-0.15, -0.1) is 23.1 Å². The number of carbonyl (C=O) groups excluding carboxylic acids is 2. The summed E-state index contributed by atoms with van der Waals surface area (Å²) >= 11 is 12.5. The molecule has 184 valence electrons. The second kappa shape index (κ2) is 9.11. The standard InChI is InChI=1S/C25H25BrN2O4S3/c26-12-7-5-11(6-8-12)16-17-13-10-14(20(17)34-22-21(16)35-25(33)27-22)19-18(13)23(31)28(24(19)32)9-3-1-2-4-15(29)30/h5-8,13-14,16-20H,1-4,9-10H2,(H,27,33)(H,29,30). The van der Waals surface area contributed by atoms with Gasteiger partial charge in [0.15, 0.2) is 3.95 Å². The number of nitrogens with one attached hydrogen (secondary N) is 1. The number of H-pyrrole nitrogens is 1. The summed E-state index contributed by atoms with van der Waals surface area (Å²) in [6, 6.07) is 8.49. The van der Waals surface area contributed by atoms with Crippen LogP contribution < -0.4 is 0 Å². The topological polar surface area (TPSA) is 90.5 Å². The van der Waals surface area contributed by atoms with E-state index in [1.54, 1.807) is 11.3 Å². The van der Waals surface area contributed by atoms with E-state index < -0.39 is 5.97 Å². The number of likely N-dealkylation sites (tertiary alicyclic amines) is 1. The van der Waals surface area contributed by atoms with Gasteiger partial charge < -0.3 is 10.1 Å². The molecule has 2 aromatic rings. The molecule has 2 saturated carbocycles. The number of imide groups is 1. The number of carboxylic acid groups (broad SMARTS) is 1. The van der Waals surface area contributed by atoms with Crippen LogP contribution in [-0.4, -0.2) is 44.6 Å². The molecule has 2 amide bonds. The smallest absolute Gasteiger partial charge is 0.303 e. The largest absolute Gasteiger partial charge is 0.481 e. The maximum Gasteiger partial charge on any atom is 0.303 e. The molecule has 2 aliphatic carbocycles. The molecule has 2 N–H and O–H groups in total. The molecule has 7 atom stereocenters. The molecule has 7 unspecified atom stereocenters. The third kappa shape index (κ3) is 3.86. The van der Waals surface area contributed by atoms with Crippen LogP contribution in [0.5, 0.6) is 0 Å². The van der Waals surface area contributed by atoms with E-state index in [0.29, 0.717) is 31.7 Å². The van der Waals surface area contributed by atoms with Gasteiger partial charge in [-0.25, -0.2) is 0 Å². The van der Waals surface area contributed by atoms with Gasteiger partial charge in [0, 0.05) is 33.5 Å². The van der Waals surface area contributed by atoms with Crippen molar-refractivity contribution >= 4 is 69.0 Å². The maximum atomic E-state index is 13.5. The molecule has 6 rings (SSSR count). The Morgan fingerprint density at radius 3 is 2.54 bits per heavy atom. The highest BCUT2D eigenvalue weighted by Gasteiger charge is 2.69. The second-order valence-electron chi connectivity index (χ2n) is 10.0. The van der Waals surface area contributed by atoms with Crippen LogP contribution in [0.1, 0.15) is 48.5 Å². The first kappa shape index (κ1) is 23.9. The van der Waals surface area contributed by atoms with Gasteiger partial charge in [-0.3, -0.25) is 19.3 Å². The molecule has 2 bridgehead atoms. The second-order valence-corrected chi connectivity index (χ2v) is 13.9. The molecule has 0 spiro atoms. The molecule has 10 heteroatoms. The molecule has 1 aromatic heterocycles. The van der Waals surface area contributed by atoms with Crippen LogP contribution >= 0.6 is 51.2 Å². The summed E-state index contributed by atoms with van der Waals surface area (Å²) in [5.41, 5.74) is 1.24. The molecule has 4 aliphatic rings. The van der Waals surface area contributed by atoms with Crippen molar-refractivity contribution in [3.8, 4) is 0 Å². The average Bonchev–Trinajstić information content (AvgIpc) is 3.54. The zero-order valence-electron chi connectivity index (χ0n) is 18.8. The molecule has 35 heavy (non-hydrogen) atoms. The van der Waals surface area contributed by atoms with Crippen molar-refractivity contribution in [3.05, 3.63) is 43.1 Å². The first-order valence-corrected chi connectivity index (χ1v) is 15.0. The number of hydrogen-bond acceptors (Lipinski definition) is 6. The number of aliphatic carboxylic acids is 1. The lowest BCUT2D eigenvalue weighted by molar-refractivity contribution is -0.141. The first-order chi connectivity index (χ1) is 16.8. The van der Waals surface area contributed by atoms with Gasteiger partial charge in [0.1, 0.15) is 0 Å². The predicted octanol–water partition coefficient (Wildman–Crippen LogP) is 5.69. The lowest BCUT2D eigenvalue weighted by Crippen LogP contribution is -2.42. The van der Waals surface area contributed by atoms with E-state index in [0.717, 1.165) is 19.9 Å². The van der Waals surface area contributed by atoms with E-state index in [-0.39, 0.29) is 53.1 Å². The fourth-order valence-electron chi connectivity index (χ4n) is 7.07. The Morgan fingerprint density at radius 2 is 1.83 bits per heavy atom. The highest BCUT2D eigenvalue weighted by molar-refractivity contribution is 9.10. The summed E-state index contributed by atoms with van der Waals surface area (Å²) in [4.78, 5) is 43.9. The Morgan fingerprint density at radius 1 is 1.11 bits per heavy atom. The Labute approximate surface area is 225 Å². The quantitative estimate of drug-likeness (QED) is 0.244. The Bertz CT molecular complexity index is 1260. The number of fused-ring (bicyclic) bond motifs is 9. The molecule has 6 nitrogen and oxygen atoms in total. The number of rotatable bonds is 7. The highest BCUT2D eigenvalue weighted by atomic mass is 79.9. The van der Waals surface area contributed by atoms with E-state index >= 15 is 0 Å². The number of benzene rings is 1. The molecular formula is C25H25BrN2O4S3. The van der Waals surface area contributed by atoms with Gasteiger partial charge in [0.25, 0.3) is 0 Å². The minimum absolute atomic E-state index is 0.00348. The number of aromatic amines is 1. The molecular weight excluding hydrogens is 568 g/mol. The number of aromatic nitrogens is 1. The third-order valence-electron chi connectivity index (χ3n) is 8.32. The number of thioether (sulfide) groups is 1. The number of carboxylic acids is 1. The zero-order chi connectivity index (χ0) is 24.4. The number of amides is 2. The van der Waals surface area contributed by atoms with Crippen LogP contribution in [0.25, 0.3) is 0 Å². The van der Waals surface area contributed by atoms with Crippen LogP contribution in [0.15, 0.2) is 33.8 Å². The molecule has 2 aliphatic heterocycles. The molecule has 1 saturated heterocycles. The van der Waals surface area contributed by atoms with Crippen molar-refractivity contribution in [1.82, 2.24) is 9.88 Å². The fraction of sp³-hybridized carbons (Fsp3) is 0.520. The third-order valence-corrected chi connectivity index (χ3v) is 11.8. The number of thiazole rings is 1. The van der Waals surface area contributed by atoms with Crippen molar-refractivity contribution < 1.29 is 19.5 Å². The summed E-state index contributed by atoms with van der Waals surface area (Å²) in [6.45, 7) is 0.406. The fourth-order valence-corrected chi connectivity index (χ4v) is 10.7. The highest BCUT2D eigenvalue weighted by Crippen LogP contribution is 2.68. The lowest BCUT2D eigenvalue weighted by Gasteiger charge is -2.43. The van der Waals surface area contributed by atoms with Crippen molar-refractivity contribution in [2.75, 3.05) is 6.54 Å². The van der Waals surface area contributed by atoms with Crippen molar-refractivity contribution in [2.24, 2.45) is 29.6 Å². The van der Waals surface area contributed by atoms with Crippen LogP contribution in [0, 0.1) is 33.5 Å². The van der Waals surface area contributed by atoms with Gasteiger partial charge in [-0.05, 0) is 66.9 Å². The van der Waals surface area contributed by atoms with Gasteiger partial charge in [0.05, 0.1) is 16.9 Å². The van der Waals surface area contributed by atoms with Gasteiger partial charge in [0.2, 0.25) is 11.8 Å². The van der Waals surface area contributed by atoms with Gasteiger partial charge in [-0.1, -0.05) is 34.5 Å². The van der Waals surface area contributed by atoms with E-state index in [1.165, 1.54) is 15.3 Å². The van der Waals surface area contributed by atoms with Crippen LogP contribution in [0.3, 0.4) is 0 Å². The Hall–Kier alpha value is -1.49. The predicted molar refractivity (Wildman–Crippen MR) is 140 cm³/mol. The number of unbranched alkanes of at least 4 members (excludes halogenated alkanes) is 2. The number of carbonyl (C=O) groups is 3. The normalized spacial score (nSPS) is 32.6. The molecule has 3 fully saturated rings. The van der Waals surface area contributed by atoms with Gasteiger partial charge in [-0.2, -0.15) is 0 Å². The summed E-state index contributed by atoms with van der Waals surface area (Å²) in [7, 11) is 0. The van der Waals surface area contributed by atoms with E-state index in [4.69, 9.17) is 17.3 Å². The molecule has 1 aromatic carbocycles. The Balaban J connectivity index is 1.28. The zero-order valence-corrected chi connectivity index (χ0v) is 22.9. The minimum atomic E-state index is -0.807. The van der Waals surface area contributed by atoms with Crippen LogP contribution in [-0.2, 0) is 14.4 Å². The summed E-state index contributed by atoms with van der Waals surface area (Å²) in [5, 5.41) is 10.3. The van der Waals surface area contributed by atoms with E-state index in [9.17, 15) is 14.4 Å². The monoisotopic (exact) mass is 592 g/mol. The van der Waals surface area contributed by atoms with Crippen molar-refractivity contribution in [2.45, 2.75) is 48.3 Å². The van der Waals surface area contributed by atoms with Crippen molar-refractivity contribution in [3.63, 3.8) is 0 Å². The maximum absolute atomic E-state index is 13.5. The molecule has 3 heterocycles. The summed E-state index contributed by atoms with van der Waals surface area (Å²) in [6.07, 6.45) is 3.00. The van der Waals surface area contributed by atoms with E-state index in [2.05, 4.69) is 45.2 Å². The lowest BCUT2D eigenvalue weighted by atomic mass is 9.68. The SMILES string of the molecule is O=C(O)CCCCCN1C(=O)C2C3CC(C2C1=O)C1C(c2ccc(Br)cc2)c2sc(=S)[nH]c2SC31. The minimum Gasteiger partial charge on any atom is -0.481 e. The van der Waals surface area contributed by atoms with E-state index in [1.807, 2.05) is 11.8 Å².